The van der Waals surface area contributed by atoms with Crippen LogP contribution in [0.1, 0.15) is 39.5 Å². The van der Waals surface area contributed by atoms with Gasteiger partial charge in [0.1, 0.15) is 0 Å². The molecule has 1 aliphatic rings. The summed E-state index contributed by atoms with van der Waals surface area (Å²) in [5.74, 6) is 0.758. The summed E-state index contributed by atoms with van der Waals surface area (Å²) < 4.78 is 5.33. The van der Waals surface area contributed by atoms with Crippen molar-refractivity contribution in [2.24, 2.45) is 11.3 Å². The van der Waals surface area contributed by atoms with Gasteiger partial charge in [0.15, 0.2) is 0 Å². The van der Waals surface area contributed by atoms with Crippen LogP contribution in [0, 0.1) is 11.3 Å². The van der Waals surface area contributed by atoms with Gasteiger partial charge in [-0.2, -0.15) is 0 Å². The van der Waals surface area contributed by atoms with E-state index >= 15 is 0 Å². The van der Waals surface area contributed by atoms with E-state index < -0.39 is 0 Å². The van der Waals surface area contributed by atoms with Gasteiger partial charge in [0.25, 0.3) is 0 Å². The number of halogens is 1. The van der Waals surface area contributed by atoms with Crippen LogP contribution < -0.4 is 5.32 Å². The Hall–Kier alpha value is -0.280. The maximum Gasteiger partial charge on any atom is 0.225 e. The molecule has 1 fully saturated rings. The molecule has 0 aliphatic carbocycles. The van der Waals surface area contributed by atoms with Gasteiger partial charge in [-0.1, -0.05) is 13.8 Å². The van der Waals surface area contributed by atoms with Gasteiger partial charge in [0.2, 0.25) is 5.91 Å². The van der Waals surface area contributed by atoms with E-state index in [-0.39, 0.29) is 17.2 Å². The quantitative estimate of drug-likeness (QED) is 0.747. The molecule has 0 radical (unpaired) electrons. The summed E-state index contributed by atoms with van der Waals surface area (Å²) in [6.07, 6.45) is 3.92. The largest absolute Gasteiger partial charge is 0.381 e. The molecule has 0 saturated carbocycles. The fraction of sp³-hybridized carbons (Fsp3) is 0.923. The Morgan fingerprint density at radius 3 is 2.65 bits per heavy atom. The Morgan fingerprint density at radius 1 is 1.47 bits per heavy atom. The third-order valence-electron chi connectivity index (χ3n) is 3.95. The van der Waals surface area contributed by atoms with Crippen molar-refractivity contribution in [2.45, 2.75) is 39.5 Å². The highest BCUT2D eigenvalue weighted by Gasteiger charge is 2.28. The fourth-order valence-electron chi connectivity index (χ4n) is 2.10. The predicted octanol–water partition coefficient (Wildman–Crippen LogP) is 2.57. The molecule has 0 spiro atoms. The number of carbonyl (C=O) groups excluding carboxylic acids is 1. The number of carbonyl (C=O) groups is 1. The van der Waals surface area contributed by atoms with Gasteiger partial charge in [0, 0.05) is 24.4 Å². The van der Waals surface area contributed by atoms with Crippen LogP contribution in [0.4, 0.5) is 0 Å². The topological polar surface area (TPSA) is 38.3 Å². The van der Waals surface area contributed by atoms with Crippen LogP contribution in [0.25, 0.3) is 0 Å². The van der Waals surface area contributed by atoms with Gasteiger partial charge >= 0.3 is 0 Å². The second kappa shape index (κ2) is 7.22. The lowest BCUT2D eigenvalue weighted by molar-refractivity contribution is -0.129. The zero-order chi connectivity index (χ0) is 12.7. The zero-order valence-corrected chi connectivity index (χ0v) is 11.7. The number of hydrogen-bond acceptors (Lipinski definition) is 2. The lowest BCUT2D eigenvalue weighted by Gasteiger charge is -2.30. The summed E-state index contributed by atoms with van der Waals surface area (Å²) in [6, 6.07) is 0. The van der Waals surface area contributed by atoms with Crippen molar-refractivity contribution in [1.29, 1.82) is 0 Å². The maximum atomic E-state index is 12.0. The normalized spacial score (nSPS) is 21.2. The van der Waals surface area contributed by atoms with Crippen LogP contribution in [0.2, 0.25) is 0 Å². The van der Waals surface area contributed by atoms with E-state index in [4.69, 9.17) is 16.3 Å². The van der Waals surface area contributed by atoms with E-state index in [0.29, 0.717) is 19.0 Å². The van der Waals surface area contributed by atoms with Crippen molar-refractivity contribution in [3.63, 3.8) is 0 Å². The molecule has 1 N–H and O–H groups in total. The number of hydrogen-bond donors (Lipinski definition) is 1. The van der Waals surface area contributed by atoms with Crippen LogP contribution in [-0.4, -0.2) is 31.5 Å². The Balaban J connectivity index is 2.40. The van der Waals surface area contributed by atoms with Crippen molar-refractivity contribution in [3.05, 3.63) is 0 Å². The summed E-state index contributed by atoms with van der Waals surface area (Å²) in [5, 5.41) is 3.04. The molecule has 1 heterocycles. The van der Waals surface area contributed by atoms with Crippen molar-refractivity contribution < 1.29 is 9.53 Å². The fourth-order valence-corrected chi connectivity index (χ4v) is 2.58. The highest BCUT2D eigenvalue weighted by Crippen LogP contribution is 2.27. The van der Waals surface area contributed by atoms with Crippen LogP contribution in [0.5, 0.6) is 0 Å². The number of alkyl halides is 1. The molecule has 0 bridgehead atoms. The Kier molecular flexibility index (Phi) is 6.28. The molecule has 1 atom stereocenters. The molecule has 0 aromatic rings. The van der Waals surface area contributed by atoms with Crippen molar-refractivity contribution >= 4 is 17.5 Å². The molecule has 1 unspecified atom stereocenters. The molecule has 0 aromatic carbocycles. The summed E-state index contributed by atoms with van der Waals surface area (Å²) in [5.41, 5.74) is 0.0484. The first kappa shape index (κ1) is 14.8. The second-order valence-corrected chi connectivity index (χ2v) is 5.24. The van der Waals surface area contributed by atoms with E-state index in [1.165, 1.54) is 0 Å². The molecule has 0 aromatic heterocycles. The first-order valence-electron chi connectivity index (χ1n) is 6.59. The van der Waals surface area contributed by atoms with Gasteiger partial charge in [0.05, 0.1) is 12.5 Å². The molecule has 17 heavy (non-hydrogen) atoms. The number of ether oxygens (including phenoxy) is 1. The molecule has 1 aliphatic heterocycles. The molecule has 1 amide bonds. The summed E-state index contributed by atoms with van der Waals surface area (Å²) in [4.78, 5) is 12.0. The minimum Gasteiger partial charge on any atom is -0.381 e. The minimum absolute atomic E-state index is 0.0329. The van der Waals surface area contributed by atoms with Gasteiger partial charge in [-0.3, -0.25) is 4.79 Å². The van der Waals surface area contributed by atoms with Gasteiger partial charge in [-0.25, -0.2) is 0 Å². The van der Waals surface area contributed by atoms with Crippen molar-refractivity contribution in [1.82, 2.24) is 5.32 Å². The maximum absolute atomic E-state index is 12.0. The molecule has 4 heteroatoms. The number of nitrogens with one attached hydrogen (secondary N) is 1. The SMILES string of the molecule is CCC(CC)(CCl)CNC(=O)C1CCCOC1. The van der Waals surface area contributed by atoms with Gasteiger partial charge in [-0.15, -0.1) is 11.6 Å². The van der Waals surface area contributed by atoms with Crippen LogP contribution >= 0.6 is 11.6 Å². The summed E-state index contributed by atoms with van der Waals surface area (Å²) in [7, 11) is 0. The third kappa shape index (κ3) is 4.14. The summed E-state index contributed by atoms with van der Waals surface area (Å²) in [6.45, 7) is 6.29. The third-order valence-corrected chi connectivity index (χ3v) is 4.52. The highest BCUT2D eigenvalue weighted by atomic mass is 35.5. The van der Waals surface area contributed by atoms with Crippen molar-refractivity contribution in [3.8, 4) is 0 Å². The lowest BCUT2D eigenvalue weighted by atomic mass is 9.84. The zero-order valence-electron chi connectivity index (χ0n) is 10.9. The average molecular weight is 262 g/mol. The average Bonchev–Trinajstić information content (AvgIpc) is 2.41. The molecular weight excluding hydrogens is 238 g/mol. The molecular formula is C13H24ClNO2. The number of rotatable bonds is 6. The Labute approximate surface area is 109 Å². The second-order valence-electron chi connectivity index (χ2n) is 4.97. The standard InChI is InChI=1S/C13H24ClNO2/c1-3-13(4-2,9-14)10-15-12(16)11-6-5-7-17-8-11/h11H,3-10H2,1-2H3,(H,15,16). The van der Waals surface area contributed by atoms with E-state index in [1.807, 2.05) is 0 Å². The highest BCUT2D eigenvalue weighted by molar-refractivity contribution is 6.18. The summed E-state index contributed by atoms with van der Waals surface area (Å²) >= 11 is 6.02. The predicted molar refractivity (Wildman–Crippen MR) is 70.3 cm³/mol. The van der Waals surface area contributed by atoms with Gasteiger partial charge in [-0.05, 0) is 25.7 Å². The minimum atomic E-state index is 0.0329. The van der Waals surface area contributed by atoms with Crippen LogP contribution in [0.3, 0.4) is 0 Å². The van der Waals surface area contributed by atoms with Crippen molar-refractivity contribution in [2.75, 3.05) is 25.6 Å². The van der Waals surface area contributed by atoms with E-state index in [9.17, 15) is 4.79 Å². The Morgan fingerprint density at radius 2 is 2.18 bits per heavy atom. The monoisotopic (exact) mass is 261 g/mol. The molecule has 3 nitrogen and oxygen atoms in total. The Bertz CT molecular complexity index is 227. The molecule has 1 rings (SSSR count). The molecule has 1 saturated heterocycles. The first-order valence-corrected chi connectivity index (χ1v) is 7.12. The van der Waals surface area contributed by atoms with Crippen LogP contribution in [-0.2, 0) is 9.53 Å². The smallest absolute Gasteiger partial charge is 0.225 e. The molecule has 100 valence electrons. The van der Waals surface area contributed by atoms with E-state index in [2.05, 4.69) is 19.2 Å². The van der Waals surface area contributed by atoms with E-state index in [0.717, 1.165) is 32.3 Å². The number of amides is 1. The van der Waals surface area contributed by atoms with Crippen LogP contribution in [0.15, 0.2) is 0 Å². The van der Waals surface area contributed by atoms with E-state index in [1.54, 1.807) is 0 Å². The van der Waals surface area contributed by atoms with Gasteiger partial charge < -0.3 is 10.1 Å². The first-order chi connectivity index (χ1) is 8.17. The lowest BCUT2D eigenvalue weighted by Crippen LogP contribution is -2.42.